The van der Waals surface area contributed by atoms with Crippen molar-refractivity contribution in [2.75, 3.05) is 0 Å². The fourth-order valence-corrected chi connectivity index (χ4v) is 1.67. The molecule has 0 aromatic carbocycles. The van der Waals surface area contributed by atoms with Crippen molar-refractivity contribution in [3.05, 3.63) is 15.0 Å². The lowest BCUT2D eigenvalue weighted by Gasteiger charge is -2.16. The van der Waals surface area contributed by atoms with Crippen LogP contribution in [0.4, 0.5) is 0 Å². The molecule has 0 saturated carbocycles. The molecule has 1 aromatic rings. The molecule has 0 amide bonds. The van der Waals surface area contributed by atoms with E-state index in [2.05, 4.69) is 0 Å². The zero-order chi connectivity index (χ0) is 10.9. The van der Waals surface area contributed by atoms with Crippen LogP contribution in [0.5, 0.6) is 0 Å². The summed E-state index contributed by atoms with van der Waals surface area (Å²) in [7, 11) is 0. The minimum Gasteiger partial charge on any atom is -0.334 e. The average molecular weight is 231 g/mol. The molecule has 14 heavy (non-hydrogen) atoms. The number of carbonyl (C=O) groups is 1. The zero-order valence-corrected chi connectivity index (χ0v) is 10.3. The van der Waals surface area contributed by atoms with Crippen LogP contribution in [0.2, 0.25) is 0 Å². The van der Waals surface area contributed by atoms with Crippen LogP contribution in [0.15, 0.2) is 5.38 Å². The third kappa shape index (κ3) is 2.42. The van der Waals surface area contributed by atoms with E-state index < -0.39 is 5.41 Å². The lowest BCUT2D eigenvalue weighted by molar-refractivity contribution is -0.153. The first-order valence-electron chi connectivity index (χ1n) is 4.22. The Morgan fingerprint density at radius 3 is 2.50 bits per heavy atom. The van der Waals surface area contributed by atoms with Gasteiger partial charge in [-0.25, -0.2) is 4.79 Å². The summed E-state index contributed by atoms with van der Waals surface area (Å²) in [6.07, 6.45) is 0. The van der Waals surface area contributed by atoms with Crippen molar-refractivity contribution >= 4 is 29.5 Å². The molecule has 3 nitrogen and oxygen atoms in total. The highest BCUT2D eigenvalue weighted by Crippen LogP contribution is 2.15. The minimum atomic E-state index is -0.511. The monoisotopic (exact) mass is 231 g/mol. The normalized spacial score (nSPS) is 11.4. The fourth-order valence-electron chi connectivity index (χ4n) is 0.705. The largest absolute Gasteiger partial charge is 0.338 e. The van der Waals surface area contributed by atoms with Gasteiger partial charge in [0.25, 0.3) is 0 Å². The van der Waals surface area contributed by atoms with Crippen molar-refractivity contribution in [2.24, 2.45) is 5.41 Å². The average Bonchev–Trinajstić information content (AvgIpc) is 2.34. The summed E-state index contributed by atoms with van der Waals surface area (Å²) in [6, 6.07) is 0. The smallest absolute Gasteiger partial charge is 0.334 e. The van der Waals surface area contributed by atoms with Crippen molar-refractivity contribution in [1.29, 1.82) is 0 Å². The van der Waals surface area contributed by atoms with Crippen molar-refractivity contribution < 1.29 is 9.63 Å². The Kier molecular flexibility index (Phi) is 3.11. The SMILES string of the molecule is Cc1csc(=S)n1OC(=O)C(C)(C)C. The van der Waals surface area contributed by atoms with Crippen molar-refractivity contribution in [2.45, 2.75) is 27.7 Å². The molecular formula is C9H13NO2S2. The number of thiazole rings is 1. The van der Waals surface area contributed by atoms with E-state index in [0.29, 0.717) is 3.95 Å². The molecule has 0 saturated heterocycles. The third-order valence-corrected chi connectivity index (χ3v) is 2.88. The number of carbonyl (C=O) groups excluding carboxylic acids is 1. The molecular weight excluding hydrogens is 218 g/mol. The standard InChI is InChI=1S/C9H13NO2S2/c1-6-5-14-8(13)10(6)12-7(11)9(2,3)4/h5H,1-4H3. The topological polar surface area (TPSA) is 31.2 Å². The summed E-state index contributed by atoms with van der Waals surface area (Å²) in [4.78, 5) is 16.7. The van der Waals surface area contributed by atoms with Crippen molar-refractivity contribution in [1.82, 2.24) is 4.73 Å². The first-order chi connectivity index (χ1) is 6.32. The van der Waals surface area contributed by atoms with Crippen molar-refractivity contribution in [3.8, 4) is 0 Å². The second-order valence-corrected chi connectivity index (χ2v) is 5.57. The Labute approximate surface area is 92.3 Å². The number of hydrogen-bond donors (Lipinski definition) is 0. The van der Waals surface area contributed by atoms with Gasteiger partial charge in [-0.05, 0) is 39.9 Å². The van der Waals surface area contributed by atoms with Crippen LogP contribution in [0.3, 0.4) is 0 Å². The van der Waals surface area contributed by atoms with Gasteiger partial charge in [0.15, 0.2) is 3.95 Å². The molecule has 0 spiro atoms. The number of aryl methyl sites for hydroxylation is 1. The van der Waals surface area contributed by atoms with E-state index in [-0.39, 0.29) is 5.97 Å². The maximum Gasteiger partial charge on any atom is 0.338 e. The first kappa shape index (κ1) is 11.4. The number of hydrogen-bond acceptors (Lipinski definition) is 4. The molecule has 78 valence electrons. The molecule has 0 aliphatic heterocycles. The fraction of sp³-hybridized carbons (Fsp3) is 0.556. The predicted molar refractivity (Wildman–Crippen MR) is 58.9 cm³/mol. The van der Waals surface area contributed by atoms with Gasteiger partial charge in [0, 0.05) is 5.38 Å². The number of nitrogens with zero attached hydrogens (tertiary/aromatic N) is 1. The summed E-state index contributed by atoms with van der Waals surface area (Å²) in [5, 5.41) is 1.86. The van der Waals surface area contributed by atoms with E-state index in [0.717, 1.165) is 5.69 Å². The van der Waals surface area contributed by atoms with E-state index in [1.807, 2.05) is 12.3 Å². The summed E-state index contributed by atoms with van der Waals surface area (Å²) in [5.74, 6) is -0.282. The Bertz CT molecular complexity index is 398. The Morgan fingerprint density at radius 1 is 1.57 bits per heavy atom. The van der Waals surface area contributed by atoms with Gasteiger partial charge < -0.3 is 4.84 Å². The quantitative estimate of drug-likeness (QED) is 0.696. The van der Waals surface area contributed by atoms with Crippen LogP contribution in [0.25, 0.3) is 0 Å². The van der Waals surface area contributed by atoms with Gasteiger partial charge >= 0.3 is 5.97 Å². The van der Waals surface area contributed by atoms with Gasteiger partial charge in [-0.1, -0.05) is 0 Å². The van der Waals surface area contributed by atoms with E-state index in [1.54, 1.807) is 20.8 Å². The molecule has 1 aromatic heterocycles. The molecule has 0 unspecified atom stereocenters. The number of rotatable bonds is 1. The van der Waals surface area contributed by atoms with Gasteiger partial charge in [-0.15, -0.1) is 11.3 Å². The predicted octanol–water partition coefficient (Wildman–Crippen LogP) is 2.59. The van der Waals surface area contributed by atoms with Gasteiger partial charge in [-0.2, -0.15) is 4.73 Å². The second-order valence-electron chi connectivity index (χ2n) is 4.07. The third-order valence-electron chi connectivity index (χ3n) is 1.60. The lowest BCUT2D eigenvalue weighted by atomic mass is 9.98. The molecule has 0 radical (unpaired) electrons. The highest BCUT2D eigenvalue weighted by molar-refractivity contribution is 7.73. The Balaban J connectivity index is 2.90. The molecule has 0 bridgehead atoms. The Hall–Kier alpha value is -0.680. The molecule has 0 N–H and O–H groups in total. The highest BCUT2D eigenvalue weighted by atomic mass is 32.1. The maximum atomic E-state index is 11.6. The minimum absolute atomic E-state index is 0.282. The molecule has 1 rings (SSSR count). The van der Waals surface area contributed by atoms with Crippen LogP contribution in [0.1, 0.15) is 26.5 Å². The van der Waals surface area contributed by atoms with E-state index in [4.69, 9.17) is 17.1 Å². The van der Waals surface area contributed by atoms with Gasteiger partial charge in [-0.3, -0.25) is 0 Å². The molecule has 0 atom stereocenters. The molecule has 0 aliphatic carbocycles. The Morgan fingerprint density at radius 2 is 2.14 bits per heavy atom. The molecule has 5 heteroatoms. The second kappa shape index (κ2) is 3.82. The van der Waals surface area contributed by atoms with Gasteiger partial charge in [0.2, 0.25) is 0 Å². The summed E-state index contributed by atoms with van der Waals surface area (Å²) in [6.45, 7) is 7.27. The molecule has 0 aliphatic rings. The van der Waals surface area contributed by atoms with E-state index >= 15 is 0 Å². The number of aromatic nitrogens is 1. The summed E-state index contributed by atoms with van der Waals surface area (Å²) < 4.78 is 1.95. The van der Waals surface area contributed by atoms with Crippen LogP contribution in [0, 0.1) is 16.3 Å². The van der Waals surface area contributed by atoms with E-state index in [1.165, 1.54) is 16.1 Å². The van der Waals surface area contributed by atoms with Crippen LogP contribution in [-0.4, -0.2) is 10.7 Å². The maximum absolute atomic E-state index is 11.6. The molecule has 0 fully saturated rings. The zero-order valence-electron chi connectivity index (χ0n) is 8.66. The lowest BCUT2D eigenvalue weighted by Crippen LogP contribution is -2.31. The van der Waals surface area contributed by atoms with Gasteiger partial charge in [0.05, 0.1) is 11.1 Å². The summed E-state index contributed by atoms with van der Waals surface area (Å²) in [5.41, 5.74) is 0.334. The highest BCUT2D eigenvalue weighted by Gasteiger charge is 2.24. The van der Waals surface area contributed by atoms with Crippen LogP contribution in [-0.2, 0) is 4.79 Å². The van der Waals surface area contributed by atoms with Crippen LogP contribution < -0.4 is 4.84 Å². The summed E-state index contributed by atoms with van der Waals surface area (Å²) >= 11 is 6.40. The first-order valence-corrected chi connectivity index (χ1v) is 5.51. The van der Waals surface area contributed by atoms with Gasteiger partial charge in [0.1, 0.15) is 0 Å². The van der Waals surface area contributed by atoms with Crippen LogP contribution >= 0.6 is 23.6 Å². The molecule has 1 heterocycles. The van der Waals surface area contributed by atoms with E-state index in [9.17, 15) is 4.79 Å². The van der Waals surface area contributed by atoms with Crippen molar-refractivity contribution in [3.63, 3.8) is 0 Å².